The molecule has 47 heavy (non-hydrogen) atoms. The number of hydrogen-bond donors (Lipinski definition) is 0. The molecule has 0 aliphatic heterocycles. The van der Waals surface area contributed by atoms with Crippen molar-refractivity contribution in [1.82, 2.24) is 0 Å². The quantitative estimate of drug-likeness (QED) is 0.186. The zero-order valence-corrected chi connectivity index (χ0v) is 26.4. The largest absolute Gasteiger partial charge is 0.192 e. The molecule has 9 rings (SSSR count). The SMILES string of the molecule is CC1(C)c2cc(C#N)ccc2-c2ccc(-c3cccc4c(-c5c6ccccc6c(-c6ccccc6)c6ccccc56)cccc34)cc21. The number of benzene rings is 8. The van der Waals surface area contributed by atoms with Crippen molar-refractivity contribution in [3.63, 3.8) is 0 Å². The fourth-order valence-corrected chi connectivity index (χ4v) is 8.09. The Balaban J connectivity index is 1.28. The molecule has 0 radical (unpaired) electrons. The van der Waals surface area contributed by atoms with Crippen LogP contribution in [0.4, 0.5) is 0 Å². The zero-order valence-electron chi connectivity index (χ0n) is 26.4. The van der Waals surface area contributed by atoms with Crippen molar-refractivity contribution in [2.75, 3.05) is 0 Å². The van der Waals surface area contributed by atoms with Crippen LogP contribution in [0.1, 0.15) is 30.5 Å². The molecule has 8 aromatic rings. The average Bonchev–Trinajstić information content (AvgIpc) is 3.35. The second-order valence-electron chi connectivity index (χ2n) is 13.2. The normalized spacial score (nSPS) is 13.0. The topological polar surface area (TPSA) is 23.8 Å². The Morgan fingerprint density at radius 1 is 0.404 bits per heavy atom. The Hall–Kier alpha value is -5.97. The third-order valence-electron chi connectivity index (χ3n) is 10.3. The molecule has 0 atom stereocenters. The monoisotopic (exact) mass is 597 g/mol. The van der Waals surface area contributed by atoms with E-state index in [2.05, 4.69) is 166 Å². The summed E-state index contributed by atoms with van der Waals surface area (Å²) in [6, 6.07) is 57.4. The molecule has 1 aliphatic rings. The van der Waals surface area contributed by atoms with Crippen molar-refractivity contribution in [3.8, 4) is 50.6 Å². The van der Waals surface area contributed by atoms with E-state index < -0.39 is 0 Å². The summed E-state index contributed by atoms with van der Waals surface area (Å²) in [6.45, 7) is 4.55. The first-order chi connectivity index (χ1) is 23.0. The van der Waals surface area contributed by atoms with Gasteiger partial charge in [-0.1, -0.05) is 147 Å². The molecule has 1 nitrogen and oxygen atoms in total. The van der Waals surface area contributed by atoms with Crippen LogP contribution in [0.25, 0.3) is 76.8 Å². The van der Waals surface area contributed by atoms with Gasteiger partial charge in [0, 0.05) is 5.41 Å². The lowest BCUT2D eigenvalue weighted by atomic mass is 9.80. The summed E-state index contributed by atoms with van der Waals surface area (Å²) < 4.78 is 0. The molecule has 0 spiro atoms. The summed E-state index contributed by atoms with van der Waals surface area (Å²) >= 11 is 0. The lowest BCUT2D eigenvalue weighted by Crippen LogP contribution is -2.15. The van der Waals surface area contributed by atoms with E-state index in [0.29, 0.717) is 5.56 Å². The van der Waals surface area contributed by atoms with Crippen molar-refractivity contribution in [2.45, 2.75) is 19.3 Å². The smallest absolute Gasteiger partial charge is 0.0991 e. The molecular weight excluding hydrogens is 567 g/mol. The highest BCUT2D eigenvalue weighted by atomic mass is 14.4. The highest BCUT2D eigenvalue weighted by Crippen LogP contribution is 2.51. The van der Waals surface area contributed by atoms with Gasteiger partial charge in [0.2, 0.25) is 0 Å². The van der Waals surface area contributed by atoms with Crippen LogP contribution >= 0.6 is 0 Å². The molecule has 1 aliphatic carbocycles. The third kappa shape index (κ3) is 4.02. The number of rotatable bonds is 3. The predicted octanol–water partition coefficient (Wildman–Crippen LogP) is 12.3. The molecule has 220 valence electrons. The number of nitriles is 1. The highest BCUT2D eigenvalue weighted by Gasteiger charge is 2.36. The fourth-order valence-electron chi connectivity index (χ4n) is 8.09. The maximum Gasteiger partial charge on any atom is 0.0991 e. The molecule has 0 fully saturated rings. The molecule has 0 amide bonds. The van der Waals surface area contributed by atoms with Crippen LogP contribution < -0.4 is 0 Å². The number of fused-ring (bicyclic) bond motifs is 6. The number of nitrogens with zero attached hydrogens (tertiary/aromatic N) is 1. The van der Waals surface area contributed by atoms with Crippen molar-refractivity contribution >= 4 is 32.3 Å². The molecule has 0 heterocycles. The fraction of sp³-hybridized carbons (Fsp3) is 0.0652. The van der Waals surface area contributed by atoms with E-state index in [1.165, 1.54) is 88.0 Å². The third-order valence-corrected chi connectivity index (χ3v) is 10.3. The van der Waals surface area contributed by atoms with Crippen LogP contribution in [0, 0.1) is 11.3 Å². The molecule has 0 bridgehead atoms. The Morgan fingerprint density at radius 2 is 0.915 bits per heavy atom. The lowest BCUT2D eigenvalue weighted by molar-refractivity contribution is 0.660. The Morgan fingerprint density at radius 3 is 1.55 bits per heavy atom. The number of hydrogen-bond acceptors (Lipinski definition) is 1. The van der Waals surface area contributed by atoms with Crippen LogP contribution in [-0.2, 0) is 5.41 Å². The average molecular weight is 598 g/mol. The lowest BCUT2D eigenvalue weighted by Gasteiger charge is -2.22. The molecule has 0 saturated carbocycles. The van der Waals surface area contributed by atoms with E-state index in [1.807, 2.05) is 6.07 Å². The second kappa shape index (κ2) is 10.3. The minimum absolute atomic E-state index is 0.193. The van der Waals surface area contributed by atoms with Crippen molar-refractivity contribution in [1.29, 1.82) is 5.26 Å². The predicted molar refractivity (Wildman–Crippen MR) is 198 cm³/mol. The van der Waals surface area contributed by atoms with Crippen molar-refractivity contribution in [3.05, 3.63) is 168 Å². The Labute approximate surface area is 275 Å². The van der Waals surface area contributed by atoms with Gasteiger partial charge in [-0.15, -0.1) is 0 Å². The maximum absolute atomic E-state index is 9.59. The summed E-state index contributed by atoms with van der Waals surface area (Å²) in [5.41, 5.74) is 13.0. The van der Waals surface area contributed by atoms with Crippen LogP contribution in [0.5, 0.6) is 0 Å². The Bertz CT molecular complexity index is 2540. The summed E-state index contributed by atoms with van der Waals surface area (Å²) in [4.78, 5) is 0. The van der Waals surface area contributed by atoms with Gasteiger partial charge in [0.15, 0.2) is 0 Å². The van der Waals surface area contributed by atoms with Gasteiger partial charge >= 0.3 is 0 Å². The van der Waals surface area contributed by atoms with Gasteiger partial charge in [0.05, 0.1) is 11.6 Å². The molecule has 1 heteroatoms. The second-order valence-corrected chi connectivity index (χ2v) is 13.2. The maximum atomic E-state index is 9.59. The molecular formula is C46H31N. The van der Waals surface area contributed by atoms with Crippen LogP contribution in [-0.4, -0.2) is 0 Å². The van der Waals surface area contributed by atoms with Gasteiger partial charge in [-0.05, 0) is 106 Å². The highest BCUT2D eigenvalue weighted by molar-refractivity contribution is 6.24. The molecule has 0 N–H and O–H groups in total. The summed E-state index contributed by atoms with van der Waals surface area (Å²) in [6.07, 6.45) is 0. The first kappa shape index (κ1) is 27.3. The first-order valence-corrected chi connectivity index (χ1v) is 16.3. The van der Waals surface area contributed by atoms with E-state index in [1.54, 1.807) is 0 Å². The molecule has 0 unspecified atom stereocenters. The van der Waals surface area contributed by atoms with E-state index in [4.69, 9.17) is 0 Å². The van der Waals surface area contributed by atoms with Gasteiger partial charge in [0.1, 0.15) is 0 Å². The molecule has 0 aromatic heterocycles. The van der Waals surface area contributed by atoms with E-state index in [0.717, 1.165) is 0 Å². The van der Waals surface area contributed by atoms with Gasteiger partial charge in [-0.25, -0.2) is 0 Å². The minimum atomic E-state index is -0.193. The van der Waals surface area contributed by atoms with Crippen LogP contribution in [0.15, 0.2) is 152 Å². The molecule has 8 aromatic carbocycles. The van der Waals surface area contributed by atoms with Gasteiger partial charge in [-0.3, -0.25) is 0 Å². The first-order valence-electron chi connectivity index (χ1n) is 16.3. The standard InChI is InChI=1S/C46H31N/c1-46(2)42-26-29(28-47)22-24-35(42)36-25-23-31(27-43(36)46)32-18-10-20-34-33(32)19-11-21-37(34)45-40-16-8-6-14-38(40)44(30-12-4-3-5-13-30)39-15-7-9-17-41(39)45/h3-27H,1-2H3. The molecule has 0 saturated heterocycles. The van der Waals surface area contributed by atoms with Crippen LogP contribution in [0.2, 0.25) is 0 Å². The van der Waals surface area contributed by atoms with E-state index in [-0.39, 0.29) is 5.41 Å². The van der Waals surface area contributed by atoms with E-state index in [9.17, 15) is 5.26 Å². The van der Waals surface area contributed by atoms with E-state index >= 15 is 0 Å². The van der Waals surface area contributed by atoms with Gasteiger partial charge < -0.3 is 0 Å². The Kier molecular flexibility index (Phi) is 5.98. The summed E-state index contributed by atoms with van der Waals surface area (Å²) in [5.74, 6) is 0. The minimum Gasteiger partial charge on any atom is -0.192 e. The van der Waals surface area contributed by atoms with Crippen molar-refractivity contribution in [2.24, 2.45) is 0 Å². The zero-order chi connectivity index (χ0) is 31.7. The van der Waals surface area contributed by atoms with Gasteiger partial charge in [-0.2, -0.15) is 5.26 Å². The summed E-state index contributed by atoms with van der Waals surface area (Å²) in [5, 5.41) is 17.1. The van der Waals surface area contributed by atoms with Gasteiger partial charge in [0.25, 0.3) is 0 Å². The van der Waals surface area contributed by atoms with Crippen molar-refractivity contribution < 1.29 is 0 Å². The summed E-state index contributed by atoms with van der Waals surface area (Å²) in [7, 11) is 0. The van der Waals surface area contributed by atoms with Crippen LogP contribution in [0.3, 0.4) is 0 Å².